The second kappa shape index (κ2) is 11.6. The van der Waals surface area contributed by atoms with Gasteiger partial charge in [0.25, 0.3) is 5.91 Å². The number of hydrogen-bond acceptors (Lipinski definition) is 3. The summed E-state index contributed by atoms with van der Waals surface area (Å²) in [6.07, 6.45) is 1.84. The molecule has 0 unspecified atom stereocenters. The standard InChI is InChI=1S/C22H31N5O/c1-23-21(28)19-10-7-9-18(17-19)13-15-26-22(24-2)25-14-8-16-27(3)20-11-5-4-6-12-20/h4-7,9-12,17H,8,13-16H2,1-3H3,(H,23,28)(H2,24,25,26). The molecule has 0 heterocycles. The smallest absolute Gasteiger partial charge is 0.251 e. The molecule has 0 aliphatic carbocycles. The van der Waals surface area contributed by atoms with E-state index in [-0.39, 0.29) is 5.91 Å². The molecule has 0 bridgehead atoms. The number of aliphatic imine (C=N–C) groups is 1. The van der Waals surface area contributed by atoms with Crippen LogP contribution in [-0.2, 0) is 6.42 Å². The monoisotopic (exact) mass is 381 g/mol. The van der Waals surface area contributed by atoms with Crippen LogP contribution in [0.1, 0.15) is 22.3 Å². The molecule has 0 saturated heterocycles. The lowest BCUT2D eigenvalue weighted by Crippen LogP contribution is -2.39. The van der Waals surface area contributed by atoms with Crippen LogP contribution in [0.5, 0.6) is 0 Å². The van der Waals surface area contributed by atoms with Crippen LogP contribution in [0.4, 0.5) is 5.69 Å². The SMILES string of the molecule is CN=C(NCCCN(C)c1ccccc1)NCCc1cccc(C(=O)NC)c1. The van der Waals surface area contributed by atoms with E-state index in [0.717, 1.165) is 44.0 Å². The van der Waals surface area contributed by atoms with Crippen molar-refractivity contribution in [1.29, 1.82) is 0 Å². The molecule has 0 aliphatic rings. The molecule has 6 heteroatoms. The lowest BCUT2D eigenvalue weighted by molar-refractivity contribution is 0.0963. The summed E-state index contributed by atoms with van der Waals surface area (Å²) in [4.78, 5) is 18.2. The fraction of sp³-hybridized carbons (Fsp3) is 0.364. The predicted molar refractivity (Wildman–Crippen MR) is 117 cm³/mol. The van der Waals surface area contributed by atoms with Crippen molar-refractivity contribution in [2.24, 2.45) is 4.99 Å². The van der Waals surface area contributed by atoms with E-state index < -0.39 is 0 Å². The van der Waals surface area contributed by atoms with Gasteiger partial charge in [0.1, 0.15) is 0 Å². The molecule has 2 aromatic carbocycles. The Morgan fingerprint density at radius 2 is 1.79 bits per heavy atom. The van der Waals surface area contributed by atoms with Gasteiger partial charge in [-0.05, 0) is 42.7 Å². The van der Waals surface area contributed by atoms with Gasteiger partial charge in [-0.25, -0.2) is 0 Å². The molecule has 3 N–H and O–H groups in total. The summed E-state index contributed by atoms with van der Waals surface area (Å²) in [7, 11) is 5.52. The van der Waals surface area contributed by atoms with Gasteiger partial charge < -0.3 is 20.9 Å². The van der Waals surface area contributed by atoms with Gasteiger partial charge in [-0.15, -0.1) is 0 Å². The van der Waals surface area contributed by atoms with E-state index in [1.807, 2.05) is 30.3 Å². The van der Waals surface area contributed by atoms with E-state index in [2.05, 4.69) is 57.2 Å². The number of rotatable bonds is 9. The lowest BCUT2D eigenvalue weighted by atomic mass is 10.1. The molecular weight excluding hydrogens is 350 g/mol. The van der Waals surface area contributed by atoms with Crippen LogP contribution >= 0.6 is 0 Å². The number of nitrogens with zero attached hydrogens (tertiary/aromatic N) is 2. The van der Waals surface area contributed by atoms with Gasteiger partial charge in [0.2, 0.25) is 0 Å². The zero-order chi connectivity index (χ0) is 20.2. The quantitative estimate of drug-likeness (QED) is 0.354. The number of hydrogen-bond donors (Lipinski definition) is 3. The lowest BCUT2D eigenvalue weighted by Gasteiger charge is -2.19. The maximum atomic E-state index is 11.7. The summed E-state index contributed by atoms with van der Waals surface area (Å²) in [6.45, 7) is 2.57. The molecule has 150 valence electrons. The first-order valence-electron chi connectivity index (χ1n) is 9.65. The van der Waals surface area contributed by atoms with Gasteiger partial charge >= 0.3 is 0 Å². The van der Waals surface area contributed by atoms with Crippen molar-refractivity contribution in [1.82, 2.24) is 16.0 Å². The second-order valence-corrected chi connectivity index (χ2v) is 6.57. The maximum Gasteiger partial charge on any atom is 0.251 e. The molecule has 2 aromatic rings. The molecule has 0 aromatic heterocycles. The molecular formula is C22H31N5O. The van der Waals surface area contributed by atoms with E-state index in [1.54, 1.807) is 14.1 Å². The van der Waals surface area contributed by atoms with Crippen molar-refractivity contribution >= 4 is 17.6 Å². The third-order valence-electron chi connectivity index (χ3n) is 4.51. The first kappa shape index (κ1) is 21.3. The number of amides is 1. The summed E-state index contributed by atoms with van der Waals surface area (Å²) >= 11 is 0. The number of benzene rings is 2. The van der Waals surface area contributed by atoms with Crippen molar-refractivity contribution in [2.75, 3.05) is 45.7 Å². The third-order valence-corrected chi connectivity index (χ3v) is 4.51. The molecule has 0 radical (unpaired) electrons. The highest BCUT2D eigenvalue weighted by Gasteiger charge is 2.04. The summed E-state index contributed by atoms with van der Waals surface area (Å²) < 4.78 is 0. The van der Waals surface area contributed by atoms with Gasteiger partial charge in [-0.1, -0.05) is 30.3 Å². The van der Waals surface area contributed by atoms with Crippen molar-refractivity contribution in [3.05, 3.63) is 65.7 Å². The highest BCUT2D eigenvalue weighted by molar-refractivity contribution is 5.94. The third kappa shape index (κ3) is 6.95. The van der Waals surface area contributed by atoms with Crippen LogP contribution in [0.2, 0.25) is 0 Å². The van der Waals surface area contributed by atoms with Gasteiger partial charge in [0.15, 0.2) is 5.96 Å². The van der Waals surface area contributed by atoms with E-state index in [0.29, 0.717) is 5.56 Å². The first-order chi connectivity index (χ1) is 13.6. The Hall–Kier alpha value is -3.02. The fourth-order valence-corrected chi connectivity index (χ4v) is 2.89. The van der Waals surface area contributed by atoms with Crippen molar-refractivity contribution in [3.63, 3.8) is 0 Å². The van der Waals surface area contributed by atoms with Crippen molar-refractivity contribution in [2.45, 2.75) is 12.8 Å². The van der Waals surface area contributed by atoms with Crippen LogP contribution in [0.15, 0.2) is 59.6 Å². The fourth-order valence-electron chi connectivity index (χ4n) is 2.89. The summed E-state index contributed by atoms with van der Waals surface area (Å²) in [5, 5.41) is 9.33. The minimum absolute atomic E-state index is 0.0623. The van der Waals surface area contributed by atoms with Gasteiger partial charge in [-0.2, -0.15) is 0 Å². The molecule has 1 amide bonds. The number of nitrogens with one attached hydrogen (secondary N) is 3. The van der Waals surface area contributed by atoms with Crippen LogP contribution in [0, 0.1) is 0 Å². The maximum absolute atomic E-state index is 11.7. The van der Waals surface area contributed by atoms with Crippen LogP contribution < -0.4 is 20.9 Å². The largest absolute Gasteiger partial charge is 0.375 e. The normalized spacial score (nSPS) is 11.0. The van der Waals surface area contributed by atoms with Crippen molar-refractivity contribution < 1.29 is 4.79 Å². The first-order valence-corrected chi connectivity index (χ1v) is 9.65. The molecule has 0 aliphatic heterocycles. The van der Waals surface area contributed by atoms with Crippen LogP contribution in [-0.4, -0.2) is 52.6 Å². The Balaban J connectivity index is 1.68. The molecule has 0 saturated carbocycles. The highest BCUT2D eigenvalue weighted by atomic mass is 16.1. The Labute approximate surface area is 168 Å². The number of guanidine groups is 1. The molecule has 0 spiro atoms. The Morgan fingerprint density at radius 1 is 1.04 bits per heavy atom. The number of anilines is 1. The molecule has 2 rings (SSSR count). The summed E-state index contributed by atoms with van der Waals surface area (Å²) in [6, 6.07) is 18.1. The Kier molecular flexibility index (Phi) is 8.85. The number of carbonyl (C=O) groups is 1. The topological polar surface area (TPSA) is 68.8 Å². The molecule has 28 heavy (non-hydrogen) atoms. The number of carbonyl (C=O) groups excluding carboxylic acids is 1. The Bertz CT molecular complexity index is 761. The molecule has 0 atom stereocenters. The summed E-state index contributed by atoms with van der Waals surface area (Å²) in [5.74, 6) is 0.734. The van der Waals surface area contributed by atoms with E-state index in [1.165, 1.54) is 5.69 Å². The zero-order valence-corrected chi connectivity index (χ0v) is 17.0. The highest BCUT2D eigenvalue weighted by Crippen LogP contribution is 2.10. The van der Waals surface area contributed by atoms with Gasteiger partial charge in [0.05, 0.1) is 0 Å². The minimum atomic E-state index is -0.0623. The van der Waals surface area contributed by atoms with E-state index >= 15 is 0 Å². The number of para-hydroxylation sites is 1. The average molecular weight is 382 g/mol. The minimum Gasteiger partial charge on any atom is -0.375 e. The van der Waals surface area contributed by atoms with Crippen LogP contribution in [0.3, 0.4) is 0 Å². The van der Waals surface area contributed by atoms with Crippen LogP contribution in [0.25, 0.3) is 0 Å². The second-order valence-electron chi connectivity index (χ2n) is 6.57. The Morgan fingerprint density at radius 3 is 2.50 bits per heavy atom. The van der Waals surface area contributed by atoms with E-state index in [9.17, 15) is 4.79 Å². The zero-order valence-electron chi connectivity index (χ0n) is 17.0. The van der Waals surface area contributed by atoms with Gasteiger partial charge in [-0.3, -0.25) is 9.79 Å². The average Bonchev–Trinajstić information content (AvgIpc) is 2.75. The van der Waals surface area contributed by atoms with Crippen molar-refractivity contribution in [3.8, 4) is 0 Å². The molecule has 0 fully saturated rings. The van der Waals surface area contributed by atoms with Gasteiger partial charge in [0, 0.05) is 52.0 Å². The van der Waals surface area contributed by atoms with E-state index in [4.69, 9.17) is 0 Å². The molecule has 6 nitrogen and oxygen atoms in total. The summed E-state index contributed by atoms with van der Waals surface area (Å²) in [5.41, 5.74) is 3.03. The predicted octanol–water partition coefficient (Wildman–Crippen LogP) is 2.28.